The molecule has 0 aliphatic carbocycles. The van der Waals surface area contributed by atoms with Crippen molar-refractivity contribution in [2.45, 2.75) is 6.92 Å². The van der Waals surface area contributed by atoms with Gasteiger partial charge in [-0.25, -0.2) is 13.8 Å². The zero-order chi connectivity index (χ0) is 22.0. The zero-order valence-corrected chi connectivity index (χ0v) is 17.5. The second kappa shape index (κ2) is 8.85. The van der Waals surface area contributed by atoms with Gasteiger partial charge in [0.2, 0.25) is 0 Å². The van der Waals surface area contributed by atoms with E-state index >= 15 is 0 Å². The van der Waals surface area contributed by atoms with E-state index in [-0.39, 0.29) is 16.6 Å². The molecule has 1 amide bonds. The number of benzene rings is 2. The molecule has 1 aliphatic rings. The number of halogens is 2. The molecule has 1 saturated heterocycles. The Kier molecular flexibility index (Phi) is 5.99. The maximum absolute atomic E-state index is 14.7. The smallest absolute Gasteiger partial charge is 0.274 e. The fraction of sp³-hybridized carbons (Fsp3) is 0.304. The molecular weight excluding hydrogens is 402 g/mol. The van der Waals surface area contributed by atoms with Gasteiger partial charge in [0.1, 0.15) is 23.1 Å². The van der Waals surface area contributed by atoms with Gasteiger partial charge in [-0.05, 0) is 24.7 Å². The summed E-state index contributed by atoms with van der Waals surface area (Å²) in [6.45, 7) is 6.06. The predicted molar refractivity (Wildman–Crippen MR) is 117 cm³/mol. The third-order valence-corrected chi connectivity index (χ3v) is 5.53. The minimum absolute atomic E-state index is 0.0910. The Morgan fingerprint density at radius 2 is 1.90 bits per heavy atom. The van der Waals surface area contributed by atoms with Crippen molar-refractivity contribution >= 4 is 28.2 Å². The van der Waals surface area contributed by atoms with Crippen LogP contribution in [-0.2, 0) is 0 Å². The fourth-order valence-corrected chi connectivity index (χ4v) is 3.83. The first-order chi connectivity index (χ1) is 15.0. The van der Waals surface area contributed by atoms with Crippen LogP contribution in [0.4, 0.5) is 20.2 Å². The third-order valence-electron chi connectivity index (χ3n) is 5.53. The van der Waals surface area contributed by atoms with Crippen LogP contribution >= 0.6 is 0 Å². The number of hydrogen-bond donors (Lipinski definition) is 1. The van der Waals surface area contributed by atoms with Crippen LogP contribution in [0.25, 0.3) is 10.9 Å². The van der Waals surface area contributed by atoms with E-state index in [1.165, 1.54) is 0 Å². The molecular formula is C23H24F2N4O2. The van der Waals surface area contributed by atoms with Crippen molar-refractivity contribution in [3.63, 3.8) is 0 Å². The van der Waals surface area contributed by atoms with Crippen LogP contribution in [0.5, 0.6) is 5.75 Å². The molecule has 1 aromatic heterocycles. The number of ether oxygens (including phenoxy) is 1. The van der Waals surface area contributed by atoms with E-state index in [2.05, 4.69) is 22.1 Å². The summed E-state index contributed by atoms with van der Waals surface area (Å²) in [5, 5.41) is 3.00. The molecule has 1 N–H and O–H groups in total. The van der Waals surface area contributed by atoms with Crippen LogP contribution in [0.2, 0.25) is 0 Å². The number of hydrogen-bond acceptors (Lipinski definition) is 5. The molecule has 0 saturated carbocycles. The van der Waals surface area contributed by atoms with Crippen LogP contribution < -0.4 is 15.0 Å². The van der Waals surface area contributed by atoms with Gasteiger partial charge >= 0.3 is 0 Å². The number of piperazine rings is 1. The monoisotopic (exact) mass is 426 g/mol. The summed E-state index contributed by atoms with van der Waals surface area (Å²) in [5.41, 5.74) is 1.29. The Labute approximate surface area is 179 Å². The SMILES string of the molecule is CCN1CCN(c2cc(C(=O)Nc3cccc(OC)c3)nc3cc(F)cc(F)c23)CC1. The number of nitrogens with one attached hydrogen (secondary N) is 1. The van der Waals surface area contributed by atoms with E-state index in [0.717, 1.165) is 31.8 Å². The Morgan fingerprint density at radius 1 is 1.13 bits per heavy atom. The Balaban J connectivity index is 1.73. The lowest BCUT2D eigenvalue weighted by Gasteiger charge is -2.36. The molecule has 4 rings (SSSR count). The van der Waals surface area contributed by atoms with Gasteiger partial charge in [-0.15, -0.1) is 0 Å². The first-order valence-electron chi connectivity index (χ1n) is 10.2. The van der Waals surface area contributed by atoms with Gasteiger partial charge in [-0.1, -0.05) is 13.0 Å². The average Bonchev–Trinajstić information content (AvgIpc) is 2.78. The number of likely N-dealkylation sites (N-methyl/N-ethyl adjacent to an activating group) is 1. The van der Waals surface area contributed by atoms with Gasteiger partial charge in [0.05, 0.1) is 23.7 Å². The summed E-state index contributed by atoms with van der Waals surface area (Å²) in [6, 6.07) is 10.5. The molecule has 0 bridgehead atoms. The number of methoxy groups -OCH3 is 1. The lowest BCUT2D eigenvalue weighted by Crippen LogP contribution is -2.46. The number of pyridine rings is 1. The third kappa shape index (κ3) is 4.44. The highest BCUT2D eigenvalue weighted by molar-refractivity contribution is 6.06. The number of anilines is 2. The maximum Gasteiger partial charge on any atom is 0.274 e. The van der Waals surface area contributed by atoms with Crippen LogP contribution in [-0.4, -0.2) is 55.6 Å². The Hall–Kier alpha value is -3.26. The number of carbonyl (C=O) groups excluding carboxylic acids is 1. The summed E-state index contributed by atoms with van der Waals surface area (Å²) in [4.78, 5) is 21.5. The van der Waals surface area contributed by atoms with Crippen LogP contribution in [0.1, 0.15) is 17.4 Å². The molecule has 162 valence electrons. The van der Waals surface area contributed by atoms with E-state index in [1.54, 1.807) is 37.4 Å². The molecule has 0 spiro atoms. The van der Waals surface area contributed by atoms with Crippen molar-refractivity contribution < 1.29 is 18.3 Å². The molecule has 1 aliphatic heterocycles. The van der Waals surface area contributed by atoms with Gasteiger partial charge in [0, 0.05) is 50.1 Å². The number of carbonyl (C=O) groups is 1. The number of fused-ring (bicyclic) bond motifs is 1. The molecule has 6 nitrogen and oxygen atoms in total. The van der Waals surface area contributed by atoms with Gasteiger partial charge in [0.15, 0.2) is 0 Å². The Morgan fingerprint density at radius 3 is 2.61 bits per heavy atom. The normalized spacial score (nSPS) is 14.6. The highest BCUT2D eigenvalue weighted by Gasteiger charge is 2.23. The first kappa shape index (κ1) is 21.0. The fourth-order valence-electron chi connectivity index (χ4n) is 3.83. The summed E-state index contributed by atoms with van der Waals surface area (Å²) < 4.78 is 33.8. The van der Waals surface area contributed by atoms with Crippen molar-refractivity contribution in [3.8, 4) is 5.75 Å². The van der Waals surface area contributed by atoms with Crippen molar-refractivity contribution in [1.29, 1.82) is 0 Å². The van der Waals surface area contributed by atoms with Crippen molar-refractivity contribution in [1.82, 2.24) is 9.88 Å². The van der Waals surface area contributed by atoms with Crippen molar-refractivity contribution in [3.05, 3.63) is 59.8 Å². The highest BCUT2D eigenvalue weighted by atomic mass is 19.1. The van der Waals surface area contributed by atoms with Gasteiger partial charge in [0.25, 0.3) is 5.91 Å². The van der Waals surface area contributed by atoms with Gasteiger partial charge < -0.3 is 19.9 Å². The molecule has 2 heterocycles. The quantitative estimate of drug-likeness (QED) is 0.670. The van der Waals surface area contributed by atoms with E-state index < -0.39 is 17.5 Å². The lowest BCUT2D eigenvalue weighted by molar-refractivity contribution is 0.102. The summed E-state index contributed by atoms with van der Waals surface area (Å²) in [7, 11) is 1.54. The van der Waals surface area contributed by atoms with E-state index in [4.69, 9.17) is 4.74 Å². The molecule has 0 unspecified atom stereocenters. The number of amides is 1. The zero-order valence-electron chi connectivity index (χ0n) is 17.5. The Bertz CT molecular complexity index is 1110. The summed E-state index contributed by atoms with van der Waals surface area (Å²) >= 11 is 0. The topological polar surface area (TPSA) is 57.7 Å². The number of aromatic nitrogens is 1. The molecule has 0 radical (unpaired) electrons. The number of rotatable bonds is 5. The van der Waals surface area contributed by atoms with E-state index in [9.17, 15) is 13.6 Å². The van der Waals surface area contributed by atoms with E-state index in [0.29, 0.717) is 30.2 Å². The largest absolute Gasteiger partial charge is 0.497 e. The first-order valence-corrected chi connectivity index (χ1v) is 10.2. The minimum Gasteiger partial charge on any atom is -0.497 e. The van der Waals surface area contributed by atoms with E-state index in [1.807, 2.05) is 4.90 Å². The van der Waals surface area contributed by atoms with Crippen LogP contribution in [0.15, 0.2) is 42.5 Å². The van der Waals surface area contributed by atoms with Crippen LogP contribution in [0, 0.1) is 11.6 Å². The highest BCUT2D eigenvalue weighted by Crippen LogP contribution is 2.31. The molecule has 31 heavy (non-hydrogen) atoms. The number of nitrogens with zero attached hydrogens (tertiary/aromatic N) is 3. The standard InChI is InChI=1S/C23H24F2N4O2/c1-3-28-7-9-29(10-8-28)21-14-20(27-19-12-15(24)11-18(25)22(19)21)23(30)26-16-5-4-6-17(13-16)31-2/h4-6,11-14H,3,7-10H2,1-2H3,(H,26,30). The summed E-state index contributed by atoms with van der Waals surface area (Å²) in [5.74, 6) is -1.28. The molecule has 8 heteroatoms. The second-order valence-electron chi connectivity index (χ2n) is 7.42. The molecule has 1 fully saturated rings. The molecule has 2 aromatic carbocycles. The summed E-state index contributed by atoms with van der Waals surface area (Å²) in [6.07, 6.45) is 0. The molecule has 0 atom stereocenters. The van der Waals surface area contributed by atoms with Gasteiger partial charge in [-0.2, -0.15) is 0 Å². The molecule has 3 aromatic rings. The minimum atomic E-state index is -0.732. The maximum atomic E-state index is 14.7. The predicted octanol–water partition coefficient (Wildman–Crippen LogP) is 3.92. The van der Waals surface area contributed by atoms with Gasteiger partial charge in [-0.3, -0.25) is 4.79 Å². The van der Waals surface area contributed by atoms with Crippen LogP contribution in [0.3, 0.4) is 0 Å². The second-order valence-corrected chi connectivity index (χ2v) is 7.42. The average molecular weight is 426 g/mol. The van der Waals surface area contributed by atoms with Crippen molar-refractivity contribution in [2.75, 3.05) is 50.1 Å². The van der Waals surface area contributed by atoms with Crippen molar-refractivity contribution in [2.24, 2.45) is 0 Å². The lowest BCUT2D eigenvalue weighted by atomic mass is 10.1.